The maximum Gasteiger partial charge on any atom is 0.314 e. The number of urea groups is 1. The highest BCUT2D eigenvalue weighted by Crippen LogP contribution is 2.41. The van der Waals surface area contributed by atoms with Gasteiger partial charge >= 0.3 is 6.03 Å². The summed E-state index contributed by atoms with van der Waals surface area (Å²) in [7, 11) is 0. The fourth-order valence-electron chi connectivity index (χ4n) is 13.1. The van der Waals surface area contributed by atoms with E-state index in [1.165, 1.54) is 16.7 Å². The smallest absolute Gasteiger partial charge is 0.314 e. The Labute approximate surface area is 510 Å². The molecule has 2 aliphatic carbocycles. The van der Waals surface area contributed by atoms with Crippen LogP contribution in [-0.4, -0.2) is 137 Å². The van der Waals surface area contributed by atoms with E-state index in [-0.39, 0.29) is 48.3 Å². The molecule has 4 atom stereocenters. The van der Waals surface area contributed by atoms with Gasteiger partial charge in [0, 0.05) is 130 Å². The average molecular weight is 1190 g/mol. The van der Waals surface area contributed by atoms with Crippen molar-refractivity contribution in [2.75, 3.05) is 63.0 Å². The summed E-state index contributed by atoms with van der Waals surface area (Å²) in [5.74, 6) is -0.00130. The quantitative estimate of drug-likeness (QED) is 0.0912. The predicted molar refractivity (Wildman–Crippen MR) is 332 cm³/mol. The number of aromatic nitrogens is 6. The molecule has 2 unspecified atom stereocenters. The van der Waals surface area contributed by atoms with E-state index in [0.717, 1.165) is 102 Å². The molecule has 13 rings (SSSR count). The van der Waals surface area contributed by atoms with E-state index >= 15 is 0 Å². The molecule has 5 aliphatic rings. The fraction of sp³-hybridized carbons (Fsp3) is 0.333. The minimum Gasteiger partial charge on any atom is -0.351 e. The molecule has 8 aromatic rings. The summed E-state index contributed by atoms with van der Waals surface area (Å²) < 4.78 is 3.99. The molecule has 3 saturated heterocycles. The van der Waals surface area contributed by atoms with Crippen LogP contribution in [0.5, 0.6) is 0 Å². The van der Waals surface area contributed by atoms with E-state index in [2.05, 4.69) is 72.1 Å². The Bertz CT molecular complexity index is 3710. The van der Waals surface area contributed by atoms with Crippen LogP contribution in [0.15, 0.2) is 159 Å². The molecule has 0 saturated carbocycles. The highest BCUT2D eigenvalue weighted by atomic mass is 35.5. The first-order chi connectivity index (χ1) is 42.0. The number of aryl methyl sites for hydroxylation is 4. The summed E-state index contributed by atoms with van der Waals surface area (Å²) in [5.41, 5.74) is 18.1. The van der Waals surface area contributed by atoms with Crippen molar-refractivity contribution in [2.24, 2.45) is 11.7 Å². The first-order valence-electron chi connectivity index (χ1n) is 29.7. The van der Waals surface area contributed by atoms with Gasteiger partial charge in [0.05, 0.1) is 36.1 Å². The van der Waals surface area contributed by atoms with Crippen molar-refractivity contribution in [3.8, 4) is 0 Å². The van der Waals surface area contributed by atoms with Crippen LogP contribution in [0.3, 0.4) is 0 Å². The molecule has 3 aliphatic heterocycles. The molecule has 20 heteroatoms. The number of nitrogens with one attached hydrogen (secondary N) is 3. The van der Waals surface area contributed by atoms with E-state index in [4.69, 9.17) is 38.9 Å². The second kappa shape index (κ2) is 26.6. The number of pyridine rings is 2. The van der Waals surface area contributed by atoms with Crippen LogP contribution in [0.25, 0.3) is 0 Å². The zero-order valence-electron chi connectivity index (χ0n) is 47.9. The second-order valence-corrected chi connectivity index (χ2v) is 23.8. The van der Waals surface area contributed by atoms with Crippen LogP contribution in [0.4, 0.5) is 16.2 Å². The van der Waals surface area contributed by atoms with Crippen molar-refractivity contribution in [3.05, 3.63) is 225 Å². The van der Waals surface area contributed by atoms with Gasteiger partial charge < -0.3 is 40.6 Å². The number of carbonyl (C=O) groups excluding carboxylic acids is 4. The zero-order valence-corrected chi connectivity index (χ0v) is 49.4. The van der Waals surface area contributed by atoms with Crippen LogP contribution in [0.1, 0.15) is 87.2 Å². The summed E-state index contributed by atoms with van der Waals surface area (Å²) in [5, 5.41) is 11.2. The molecule has 442 valence electrons. The Morgan fingerprint density at radius 3 is 1.64 bits per heavy atom. The number of carbonyl (C=O) groups is 4. The molecule has 5 amide bonds. The highest BCUT2D eigenvalue weighted by Gasteiger charge is 2.43. The molecule has 0 spiro atoms. The van der Waals surface area contributed by atoms with Gasteiger partial charge in [0.15, 0.2) is 0 Å². The monoisotopic (exact) mass is 1190 g/mol. The van der Waals surface area contributed by atoms with Crippen LogP contribution in [0, 0.1) is 5.92 Å². The van der Waals surface area contributed by atoms with Gasteiger partial charge in [0.1, 0.15) is 12.1 Å². The summed E-state index contributed by atoms with van der Waals surface area (Å²) in [4.78, 5) is 79.7. The van der Waals surface area contributed by atoms with Crippen molar-refractivity contribution in [1.29, 1.82) is 0 Å². The van der Waals surface area contributed by atoms with Crippen molar-refractivity contribution in [2.45, 2.75) is 82.2 Å². The number of likely N-dealkylation sites (tertiary alicyclic amines) is 1. The standard InChI is InChI=1S/C37H41ClN8O3.C29H29ClN6O/c38-29-8-9-31-28(21-29)7-6-27-4-2-12-41-34(27)35(31)46-18-17-45(33(47)20-25-10-14-44(15-11-25)37(39)49)23-32(46)36(48)42-30-5-1-3-26(19-30)22-43-16-13-40-24-43;30-23-8-9-25-22(16-23)7-6-21-4-2-10-33-27(21)28(25)36-14-12-31-17-26(36)29(37)34-24-5-1-3-20(15-24)18-35-13-11-32-19-35/h1-5,8-9,12-13,16,19,21,24-25,32,35H,6-7,10-11,14-15,17-18,20,22-23H2,(H2,39,49)(H,42,48);1-5,8-11,13,15-16,19,26,28,31H,6-7,12,14,17-18H2,(H,34,37)/t32?,35-;26?,28-/m11/s1. The third kappa shape index (κ3) is 13.4. The zero-order chi connectivity index (χ0) is 59.1. The van der Waals surface area contributed by atoms with Crippen LogP contribution in [0.2, 0.25) is 10.0 Å². The van der Waals surface area contributed by atoms with Gasteiger partial charge in [-0.3, -0.25) is 34.2 Å². The van der Waals surface area contributed by atoms with Crippen molar-refractivity contribution >= 4 is 58.3 Å². The number of fused-ring (bicyclic) bond motifs is 4. The number of piperazine rings is 2. The lowest BCUT2D eigenvalue weighted by atomic mass is 9.92. The first kappa shape index (κ1) is 58.1. The molecule has 4 aromatic heterocycles. The lowest BCUT2D eigenvalue weighted by molar-refractivity contribution is -0.138. The van der Waals surface area contributed by atoms with Crippen molar-refractivity contribution in [1.82, 2.24) is 54.0 Å². The van der Waals surface area contributed by atoms with Gasteiger partial charge in [0.25, 0.3) is 0 Å². The first-order valence-corrected chi connectivity index (χ1v) is 30.4. The Hall–Kier alpha value is -8.26. The number of halogens is 2. The number of piperidine rings is 1. The molecule has 0 bridgehead atoms. The molecule has 3 fully saturated rings. The molecular weight excluding hydrogens is 1120 g/mol. The summed E-state index contributed by atoms with van der Waals surface area (Å²) in [6, 6.07) is 34.4. The number of benzene rings is 4. The largest absolute Gasteiger partial charge is 0.351 e. The lowest BCUT2D eigenvalue weighted by Gasteiger charge is -2.45. The van der Waals surface area contributed by atoms with E-state index in [9.17, 15) is 19.2 Å². The van der Waals surface area contributed by atoms with Gasteiger partial charge in [-0.15, -0.1) is 0 Å². The van der Waals surface area contributed by atoms with Gasteiger partial charge in [-0.2, -0.15) is 0 Å². The van der Waals surface area contributed by atoms with Crippen molar-refractivity contribution < 1.29 is 19.2 Å². The summed E-state index contributed by atoms with van der Waals surface area (Å²) >= 11 is 12.9. The van der Waals surface area contributed by atoms with Gasteiger partial charge in [-0.1, -0.05) is 71.7 Å². The molecule has 5 N–H and O–H groups in total. The van der Waals surface area contributed by atoms with Crippen LogP contribution in [-0.2, 0) is 53.2 Å². The third-order valence-electron chi connectivity index (χ3n) is 17.5. The number of nitrogens with two attached hydrogens (primary N) is 1. The normalized spacial score (nSPS) is 19.7. The number of primary amides is 1. The highest BCUT2D eigenvalue weighted by molar-refractivity contribution is 6.31. The molecule has 86 heavy (non-hydrogen) atoms. The molecule has 18 nitrogen and oxygen atoms in total. The van der Waals surface area contributed by atoms with Crippen LogP contribution < -0.4 is 21.7 Å². The Morgan fingerprint density at radius 1 is 0.570 bits per heavy atom. The predicted octanol–water partition coefficient (Wildman–Crippen LogP) is 8.58. The number of anilines is 2. The molecule has 7 heterocycles. The van der Waals surface area contributed by atoms with E-state index < -0.39 is 12.1 Å². The maximum absolute atomic E-state index is 14.5. The fourth-order valence-corrected chi connectivity index (χ4v) is 13.5. The number of hydrogen-bond acceptors (Lipinski definition) is 11. The average Bonchev–Trinajstić information content (AvgIpc) is 2.95. The minimum atomic E-state index is -0.645. The van der Waals surface area contributed by atoms with Gasteiger partial charge in [-0.05, 0) is 150 Å². The molecule has 4 aromatic carbocycles. The SMILES string of the molecule is NC(=O)N1CCC(CC(=O)N2CCN([C@@H]3c4ccc(Cl)cc4CCc4cccnc43)C(C(=O)Nc3cccc(Cn4ccnc4)c3)C2)CC1.O=C(Nc1cccc(Cn2ccnc2)c1)C1CNCCN1[C@@H]1c2ccc(Cl)cc2CCc2cccnc21. The lowest BCUT2D eigenvalue weighted by Crippen LogP contribution is -2.60. The van der Waals surface area contributed by atoms with Crippen LogP contribution >= 0.6 is 23.2 Å². The Balaban J connectivity index is 0.000000175. The number of imidazole rings is 2. The van der Waals surface area contributed by atoms with Gasteiger partial charge in [0.2, 0.25) is 17.7 Å². The third-order valence-corrected chi connectivity index (χ3v) is 17.9. The maximum atomic E-state index is 14.5. The Kier molecular flexibility index (Phi) is 18.0. The van der Waals surface area contributed by atoms with E-state index in [1.807, 2.05) is 112 Å². The van der Waals surface area contributed by atoms with E-state index in [1.54, 1.807) is 29.9 Å². The minimum absolute atomic E-state index is 0.0239. The number of amides is 5. The summed E-state index contributed by atoms with van der Waals surface area (Å²) in [6.45, 7) is 5.80. The van der Waals surface area contributed by atoms with Gasteiger partial charge in [-0.25, -0.2) is 14.8 Å². The van der Waals surface area contributed by atoms with Crippen molar-refractivity contribution in [3.63, 3.8) is 0 Å². The number of rotatable bonds is 12. The topological polar surface area (TPSA) is 205 Å². The number of nitrogens with zero attached hydrogens (tertiary/aromatic N) is 10. The molecular formula is C66H70Cl2N14O4. The second-order valence-electron chi connectivity index (χ2n) is 23.0. The number of hydrogen-bond donors (Lipinski definition) is 4. The van der Waals surface area contributed by atoms with E-state index in [0.29, 0.717) is 62.9 Å². The Morgan fingerprint density at radius 2 is 1.10 bits per heavy atom. The summed E-state index contributed by atoms with van der Waals surface area (Å²) in [6.07, 6.45) is 19.9. The molecule has 0 radical (unpaired) electrons.